The maximum Gasteiger partial charge on any atom is 0.123 e. The quantitative estimate of drug-likeness (QED) is 0.843. The largest absolute Gasteiger partial charge is 0.391 e. The molecule has 1 aromatic rings. The molecule has 0 heterocycles. The smallest absolute Gasteiger partial charge is 0.123 e. The van der Waals surface area contributed by atoms with Gasteiger partial charge in [-0.2, -0.15) is 0 Å². The van der Waals surface area contributed by atoms with Crippen molar-refractivity contribution in [2.75, 3.05) is 0 Å². The highest BCUT2D eigenvalue weighted by Gasteiger charge is 2.27. The van der Waals surface area contributed by atoms with Gasteiger partial charge in [0.1, 0.15) is 5.82 Å². The van der Waals surface area contributed by atoms with E-state index in [4.69, 9.17) is 5.73 Å². The minimum Gasteiger partial charge on any atom is -0.391 e. The van der Waals surface area contributed by atoms with Gasteiger partial charge in [-0.1, -0.05) is 25.0 Å². The summed E-state index contributed by atoms with van der Waals surface area (Å²) in [7, 11) is 0. The maximum atomic E-state index is 13.0. The lowest BCUT2D eigenvalue weighted by Gasteiger charge is -2.24. The summed E-state index contributed by atoms with van der Waals surface area (Å²) in [5, 5.41) is 10.1. The zero-order chi connectivity index (χ0) is 12.3. The van der Waals surface area contributed by atoms with E-state index in [9.17, 15) is 9.50 Å². The Labute approximate surface area is 102 Å². The van der Waals surface area contributed by atoms with Crippen LogP contribution < -0.4 is 5.73 Å². The zero-order valence-corrected chi connectivity index (χ0v) is 9.98. The van der Waals surface area contributed by atoms with Crippen LogP contribution in [0, 0.1) is 11.7 Å². The first kappa shape index (κ1) is 12.5. The van der Waals surface area contributed by atoms with E-state index in [1.54, 1.807) is 6.07 Å². The molecule has 0 radical (unpaired) electrons. The van der Waals surface area contributed by atoms with E-state index in [-0.39, 0.29) is 11.9 Å². The number of benzene rings is 1. The zero-order valence-electron chi connectivity index (χ0n) is 9.98. The molecule has 0 aliphatic heterocycles. The van der Waals surface area contributed by atoms with Crippen LogP contribution in [-0.2, 0) is 6.42 Å². The molecule has 0 amide bonds. The molecular formula is C14H20FNO. The van der Waals surface area contributed by atoms with Gasteiger partial charge in [0, 0.05) is 6.04 Å². The monoisotopic (exact) mass is 237 g/mol. The molecule has 1 saturated carbocycles. The lowest BCUT2D eigenvalue weighted by atomic mass is 9.91. The van der Waals surface area contributed by atoms with Gasteiger partial charge in [-0.25, -0.2) is 4.39 Å². The molecule has 0 bridgehead atoms. The van der Waals surface area contributed by atoms with Crippen LogP contribution in [0.25, 0.3) is 0 Å². The van der Waals surface area contributed by atoms with Gasteiger partial charge in [-0.3, -0.25) is 0 Å². The third kappa shape index (κ3) is 3.27. The number of hydrogen-bond donors (Lipinski definition) is 2. The van der Waals surface area contributed by atoms with Crippen molar-refractivity contribution in [3.05, 3.63) is 35.6 Å². The first-order chi connectivity index (χ1) is 8.16. The van der Waals surface area contributed by atoms with Gasteiger partial charge in [-0.05, 0) is 42.9 Å². The van der Waals surface area contributed by atoms with E-state index in [1.165, 1.54) is 25.0 Å². The normalized spacial score (nSPS) is 20.4. The Morgan fingerprint density at radius 2 is 2.06 bits per heavy atom. The molecule has 1 aliphatic rings. The highest BCUT2D eigenvalue weighted by Crippen LogP contribution is 2.29. The molecule has 3 heteroatoms. The van der Waals surface area contributed by atoms with E-state index < -0.39 is 6.10 Å². The second-order valence-electron chi connectivity index (χ2n) is 5.03. The number of aliphatic hydroxyl groups excluding tert-OH is 1. The predicted molar refractivity (Wildman–Crippen MR) is 66.0 cm³/mol. The summed E-state index contributed by atoms with van der Waals surface area (Å²) in [6.45, 7) is 0. The fourth-order valence-corrected chi connectivity index (χ4v) is 2.71. The molecule has 1 fully saturated rings. The molecule has 1 aliphatic carbocycles. The number of nitrogens with two attached hydrogens (primary N) is 1. The third-order valence-corrected chi connectivity index (χ3v) is 3.68. The Morgan fingerprint density at radius 1 is 1.35 bits per heavy atom. The fraction of sp³-hybridized carbons (Fsp3) is 0.571. The summed E-state index contributed by atoms with van der Waals surface area (Å²) < 4.78 is 13.0. The molecule has 0 aromatic heterocycles. The lowest BCUT2D eigenvalue weighted by molar-refractivity contribution is 0.0845. The van der Waals surface area contributed by atoms with E-state index >= 15 is 0 Å². The molecule has 17 heavy (non-hydrogen) atoms. The number of aliphatic hydroxyl groups is 1. The van der Waals surface area contributed by atoms with Crippen molar-refractivity contribution < 1.29 is 9.50 Å². The van der Waals surface area contributed by atoms with E-state index in [0.717, 1.165) is 18.4 Å². The van der Waals surface area contributed by atoms with Gasteiger partial charge < -0.3 is 10.8 Å². The van der Waals surface area contributed by atoms with Crippen LogP contribution in [0.4, 0.5) is 4.39 Å². The lowest BCUT2D eigenvalue weighted by Crippen LogP contribution is -2.40. The Hall–Kier alpha value is -0.930. The summed E-state index contributed by atoms with van der Waals surface area (Å²) in [5.74, 6) is 0.0867. The first-order valence-corrected chi connectivity index (χ1v) is 6.35. The summed E-state index contributed by atoms with van der Waals surface area (Å²) in [4.78, 5) is 0. The SMILES string of the molecule is N[C@@H](Cc1cccc(F)c1)[C@H](O)C1CCCC1. The van der Waals surface area contributed by atoms with Gasteiger partial charge >= 0.3 is 0 Å². The van der Waals surface area contributed by atoms with Crippen LogP contribution in [0.15, 0.2) is 24.3 Å². The summed E-state index contributed by atoms with van der Waals surface area (Å²) in [6.07, 6.45) is 4.59. The highest BCUT2D eigenvalue weighted by atomic mass is 19.1. The average Bonchev–Trinajstić information content (AvgIpc) is 2.81. The molecule has 2 nitrogen and oxygen atoms in total. The summed E-state index contributed by atoms with van der Waals surface area (Å²) >= 11 is 0. The molecule has 2 rings (SSSR count). The van der Waals surface area contributed by atoms with Crippen molar-refractivity contribution in [2.45, 2.75) is 44.2 Å². The average molecular weight is 237 g/mol. The van der Waals surface area contributed by atoms with E-state index in [2.05, 4.69) is 0 Å². The highest BCUT2D eigenvalue weighted by molar-refractivity contribution is 5.17. The van der Waals surface area contributed by atoms with Crippen LogP contribution in [0.3, 0.4) is 0 Å². The number of rotatable bonds is 4. The fourth-order valence-electron chi connectivity index (χ4n) is 2.71. The van der Waals surface area contributed by atoms with Crippen LogP contribution in [-0.4, -0.2) is 17.3 Å². The molecule has 0 unspecified atom stereocenters. The van der Waals surface area contributed by atoms with Crippen molar-refractivity contribution in [1.82, 2.24) is 0 Å². The van der Waals surface area contributed by atoms with Crippen molar-refractivity contribution in [1.29, 1.82) is 0 Å². The summed E-state index contributed by atoms with van der Waals surface area (Å²) in [5.41, 5.74) is 6.86. The molecule has 0 spiro atoms. The molecule has 0 saturated heterocycles. The molecule has 1 aromatic carbocycles. The second-order valence-corrected chi connectivity index (χ2v) is 5.03. The molecule has 3 N–H and O–H groups in total. The summed E-state index contributed by atoms with van der Waals surface area (Å²) in [6, 6.07) is 6.15. The Bertz CT molecular complexity index is 363. The van der Waals surface area contributed by atoms with Gasteiger partial charge in [0.25, 0.3) is 0 Å². The maximum absolute atomic E-state index is 13.0. The molecule has 94 valence electrons. The minimum absolute atomic E-state index is 0.245. The minimum atomic E-state index is -0.458. The first-order valence-electron chi connectivity index (χ1n) is 6.35. The van der Waals surface area contributed by atoms with Crippen LogP contribution in [0.5, 0.6) is 0 Å². The van der Waals surface area contributed by atoms with Gasteiger partial charge in [0.2, 0.25) is 0 Å². The number of hydrogen-bond acceptors (Lipinski definition) is 2. The Morgan fingerprint density at radius 3 is 2.71 bits per heavy atom. The predicted octanol–water partition coefficient (Wildman–Crippen LogP) is 2.25. The Kier molecular flexibility index (Phi) is 4.13. The van der Waals surface area contributed by atoms with Crippen molar-refractivity contribution in [2.24, 2.45) is 11.7 Å². The van der Waals surface area contributed by atoms with Gasteiger partial charge in [0.05, 0.1) is 6.10 Å². The molecule has 2 atom stereocenters. The van der Waals surface area contributed by atoms with Gasteiger partial charge in [-0.15, -0.1) is 0 Å². The third-order valence-electron chi connectivity index (χ3n) is 3.68. The van der Waals surface area contributed by atoms with Gasteiger partial charge in [0.15, 0.2) is 0 Å². The van der Waals surface area contributed by atoms with Crippen LogP contribution >= 0.6 is 0 Å². The van der Waals surface area contributed by atoms with Crippen molar-refractivity contribution in [3.8, 4) is 0 Å². The van der Waals surface area contributed by atoms with E-state index in [1.807, 2.05) is 6.07 Å². The van der Waals surface area contributed by atoms with Crippen LogP contribution in [0.2, 0.25) is 0 Å². The van der Waals surface area contributed by atoms with Crippen LogP contribution in [0.1, 0.15) is 31.2 Å². The van der Waals surface area contributed by atoms with Crippen molar-refractivity contribution in [3.63, 3.8) is 0 Å². The van der Waals surface area contributed by atoms with E-state index in [0.29, 0.717) is 12.3 Å². The molecular weight excluding hydrogens is 217 g/mol. The standard InChI is InChI=1S/C14H20FNO/c15-12-7-3-4-10(8-12)9-13(16)14(17)11-5-1-2-6-11/h3-4,7-8,11,13-14,17H,1-2,5-6,9,16H2/t13-,14+/m0/s1. The second kappa shape index (κ2) is 5.61. The topological polar surface area (TPSA) is 46.2 Å². The van der Waals surface area contributed by atoms with Crippen molar-refractivity contribution >= 4 is 0 Å². The number of halogens is 1. The Balaban J connectivity index is 1.93.